The van der Waals surface area contributed by atoms with Crippen molar-refractivity contribution in [3.63, 3.8) is 0 Å². The highest BCUT2D eigenvalue weighted by Gasteiger charge is 2.93. The van der Waals surface area contributed by atoms with E-state index in [2.05, 4.69) is 4.90 Å². The standard InChI is InChI=1S/C32H34N2O9/c1-29(2,3)31(39)17-22-30(18-23(35)41-22)28(38)43-27-32(30,31)24(42-26(37)19-7-5-4-6-8-19)25(36)34(27)21-11-9-20(10-12-21)33-13-15-40-16-14-33/h4-12,22,24,27,39H,13-18H2,1-3H3/t22-,24-,27-,30-,31+,32+/m0/s1. The molecule has 1 aliphatic carbocycles. The zero-order chi connectivity index (χ0) is 30.4. The van der Waals surface area contributed by atoms with Crippen LogP contribution in [0.3, 0.4) is 0 Å². The van der Waals surface area contributed by atoms with Crippen LogP contribution in [-0.2, 0) is 33.3 Å². The first kappa shape index (κ1) is 27.8. The molecule has 11 heteroatoms. The van der Waals surface area contributed by atoms with Gasteiger partial charge in [-0.25, -0.2) is 4.79 Å². The first-order valence-electron chi connectivity index (χ1n) is 14.6. The summed E-state index contributed by atoms with van der Waals surface area (Å²) in [7, 11) is 0. The molecule has 1 saturated carbocycles. The Bertz CT molecular complexity index is 1500. The van der Waals surface area contributed by atoms with E-state index in [1.54, 1.807) is 63.2 Å². The van der Waals surface area contributed by atoms with Crippen LogP contribution in [0.25, 0.3) is 0 Å². The van der Waals surface area contributed by atoms with E-state index >= 15 is 0 Å². The molecule has 5 aliphatic rings. The van der Waals surface area contributed by atoms with Crippen molar-refractivity contribution in [1.29, 1.82) is 0 Å². The number of anilines is 2. The molecule has 0 bridgehead atoms. The molecule has 4 aliphatic heterocycles. The van der Waals surface area contributed by atoms with Crippen LogP contribution in [-0.4, -0.2) is 79.3 Å². The topological polar surface area (TPSA) is 132 Å². The number of morpholine rings is 1. The number of carbonyl (C=O) groups excluding carboxylic acids is 4. The molecule has 43 heavy (non-hydrogen) atoms. The van der Waals surface area contributed by atoms with Gasteiger partial charge in [0.1, 0.15) is 16.9 Å². The van der Waals surface area contributed by atoms with Crippen LogP contribution in [0.2, 0.25) is 0 Å². The van der Waals surface area contributed by atoms with Crippen LogP contribution < -0.4 is 9.80 Å². The van der Waals surface area contributed by atoms with Gasteiger partial charge in [-0.2, -0.15) is 0 Å². The van der Waals surface area contributed by atoms with Crippen LogP contribution in [0.15, 0.2) is 54.6 Å². The van der Waals surface area contributed by atoms with Crippen molar-refractivity contribution < 1.29 is 43.2 Å². The zero-order valence-electron chi connectivity index (χ0n) is 24.3. The van der Waals surface area contributed by atoms with Crippen molar-refractivity contribution >= 4 is 35.2 Å². The maximum Gasteiger partial charge on any atom is 0.338 e. The van der Waals surface area contributed by atoms with Gasteiger partial charge in [0.15, 0.2) is 12.3 Å². The van der Waals surface area contributed by atoms with E-state index in [4.69, 9.17) is 18.9 Å². The number of carbonyl (C=O) groups is 4. The molecule has 11 nitrogen and oxygen atoms in total. The van der Waals surface area contributed by atoms with E-state index in [0.29, 0.717) is 18.9 Å². The smallest absolute Gasteiger partial charge is 0.338 e. The number of ether oxygens (including phenoxy) is 4. The van der Waals surface area contributed by atoms with Crippen molar-refractivity contribution in [3.05, 3.63) is 60.2 Å². The Kier molecular flexibility index (Phi) is 6.00. The van der Waals surface area contributed by atoms with Gasteiger partial charge in [-0.1, -0.05) is 39.0 Å². The first-order valence-corrected chi connectivity index (χ1v) is 14.6. The fourth-order valence-corrected chi connectivity index (χ4v) is 8.17. The lowest BCUT2D eigenvalue weighted by atomic mass is 9.52. The van der Waals surface area contributed by atoms with Crippen LogP contribution in [0.4, 0.5) is 11.4 Å². The lowest BCUT2D eigenvalue weighted by Gasteiger charge is -2.51. The Morgan fingerprint density at radius 1 is 0.953 bits per heavy atom. The van der Waals surface area contributed by atoms with Crippen molar-refractivity contribution in [2.75, 3.05) is 36.1 Å². The van der Waals surface area contributed by atoms with Gasteiger partial charge in [0.05, 0.1) is 30.8 Å². The van der Waals surface area contributed by atoms with E-state index in [-0.39, 0.29) is 12.0 Å². The Morgan fingerprint density at radius 2 is 1.60 bits per heavy atom. The summed E-state index contributed by atoms with van der Waals surface area (Å²) in [5, 5.41) is 12.8. The molecule has 2 aromatic rings. The Hall–Kier alpha value is -3.96. The second-order valence-electron chi connectivity index (χ2n) is 13.0. The third-order valence-electron chi connectivity index (χ3n) is 10.2. The zero-order valence-corrected chi connectivity index (χ0v) is 24.3. The second kappa shape index (κ2) is 9.27. The van der Waals surface area contributed by atoms with Crippen molar-refractivity contribution in [1.82, 2.24) is 0 Å². The molecule has 0 unspecified atom stereocenters. The molecular formula is C32H34N2O9. The summed E-state index contributed by atoms with van der Waals surface area (Å²) in [6, 6.07) is 15.4. The molecule has 6 atom stereocenters. The molecule has 4 heterocycles. The molecule has 1 N–H and O–H groups in total. The van der Waals surface area contributed by atoms with Gasteiger partial charge in [-0.05, 0) is 41.8 Å². The van der Waals surface area contributed by atoms with Crippen LogP contribution >= 0.6 is 0 Å². The van der Waals surface area contributed by atoms with E-state index in [1.165, 1.54) is 4.90 Å². The van der Waals surface area contributed by atoms with Crippen LogP contribution in [0.1, 0.15) is 44.0 Å². The number of rotatable bonds is 4. The molecule has 226 valence electrons. The summed E-state index contributed by atoms with van der Waals surface area (Å²) in [6.45, 7) is 8.03. The molecular weight excluding hydrogens is 556 g/mol. The molecule has 1 amide bonds. The highest BCUT2D eigenvalue weighted by atomic mass is 16.6. The Balaban J connectivity index is 1.40. The SMILES string of the molecule is CC(C)(C)[C@]1(O)C[C@@H]2OC(=O)C[C@@]23C(=O)O[C@@H]2N(c4ccc(N5CCOCC5)cc4)C(=O)[C@H](OC(=O)c4ccccc4)[C@]213. The first-order chi connectivity index (χ1) is 20.5. The molecule has 4 saturated heterocycles. The summed E-state index contributed by atoms with van der Waals surface area (Å²) in [4.78, 5) is 58.5. The minimum absolute atomic E-state index is 0.121. The summed E-state index contributed by atoms with van der Waals surface area (Å²) < 4.78 is 23.2. The molecule has 2 spiro atoms. The van der Waals surface area contributed by atoms with Gasteiger partial charge in [-0.3, -0.25) is 19.3 Å². The van der Waals surface area contributed by atoms with Gasteiger partial charge < -0.3 is 29.0 Å². The second-order valence-corrected chi connectivity index (χ2v) is 13.0. The maximum absolute atomic E-state index is 14.6. The lowest BCUT2D eigenvalue weighted by molar-refractivity contribution is -0.204. The minimum atomic E-state index is -1.85. The minimum Gasteiger partial charge on any atom is -0.461 e. The van der Waals surface area contributed by atoms with Crippen LogP contribution in [0.5, 0.6) is 0 Å². The third kappa shape index (κ3) is 3.49. The number of esters is 3. The average molecular weight is 591 g/mol. The van der Waals surface area contributed by atoms with Gasteiger partial charge >= 0.3 is 17.9 Å². The van der Waals surface area contributed by atoms with Crippen molar-refractivity contribution in [2.45, 2.75) is 57.6 Å². The van der Waals surface area contributed by atoms with Gasteiger partial charge in [-0.15, -0.1) is 0 Å². The summed E-state index contributed by atoms with van der Waals surface area (Å²) >= 11 is 0. The molecule has 5 fully saturated rings. The predicted octanol–water partition coefficient (Wildman–Crippen LogP) is 2.45. The third-order valence-corrected chi connectivity index (χ3v) is 10.2. The summed E-state index contributed by atoms with van der Waals surface area (Å²) in [6.07, 6.45) is -4.60. The summed E-state index contributed by atoms with van der Waals surface area (Å²) in [5.41, 5.74) is -4.85. The van der Waals surface area contributed by atoms with Crippen molar-refractivity contribution in [3.8, 4) is 0 Å². The fraction of sp³-hybridized carbons (Fsp3) is 0.500. The maximum atomic E-state index is 14.6. The monoisotopic (exact) mass is 590 g/mol. The quantitative estimate of drug-likeness (QED) is 0.418. The molecule has 0 aromatic heterocycles. The average Bonchev–Trinajstić information content (AvgIpc) is 3.60. The number of hydrogen-bond donors (Lipinski definition) is 1. The normalized spacial score (nSPS) is 34.9. The van der Waals surface area contributed by atoms with E-state index in [9.17, 15) is 24.3 Å². The largest absolute Gasteiger partial charge is 0.461 e. The number of amides is 1. The van der Waals surface area contributed by atoms with E-state index in [0.717, 1.165) is 18.8 Å². The number of hydrogen-bond acceptors (Lipinski definition) is 10. The van der Waals surface area contributed by atoms with E-state index in [1.807, 2.05) is 12.1 Å². The lowest BCUT2D eigenvalue weighted by Crippen LogP contribution is -2.66. The number of nitrogens with zero attached hydrogens (tertiary/aromatic N) is 2. The fourth-order valence-electron chi connectivity index (χ4n) is 8.17. The Labute approximate surface area is 248 Å². The van der Waals surface area contributed by atoms with Gasteiger partial charge in [0.25, 0.3) is 5.91 Å². The highest BCUT2D eigenvalue weighted by Crippen LogP contribution is 2.76. The van der Waals surface area contributed by atoms with E-state index < -0.39 is 70.5 Å². The number of aliphatic hydroxyl groups is 1. The Morgan fingerprint density at radius 3 is 2.26 bits per heavy atom. The van der Waals surface area contributed by atoms with Crippen molar-refractivity contribution in [2.24, 2.45) is 16.2 Å². The molecule has 2 aromatic carbocycles. The molecule has 0 radical (unpaired) electrons. The van der Waals surface area contributed by atoms with Crippen LogP contribution in [0, 0.1) is 16.2 Å². The molecule has 7 rings (SSSR count). The highest BCUT2D eigenvalue weighted by molar-refractivity contribution is 6.07. The number of benzene rings is 2. The van der Waals surface area contributed by atoms with Gasteiger partial charge in [0, 0.05) is 30.9 Å². The predicted molar refractivity (Wildman–Crippen MR) is 151 cm³/mol. The van der Waals surface area contributed by atoms with Gasteiger partial charge in [0.2, 0.25) is 0 Å². The summed E-state index contributed by atoms with van der Waals surface area (Å²) in [5.74, 6) is -2.83.